The molecule has 0 radical (unpaired) electrons. The third kappa shape index (κ3) is 4.88. The van der Waals surface area contributed by atoms with Crippen LogP contribution in [0.1, 0.15) is 13.8 Å². The average molecular weight is 181 g/mol. The average Bonchev–Trinajstić information content (AvgIpc) is 1.80. The van der Waals surface area contributed by atoms with Gasteiger partial charge in [0.05, 0.1) is 12.6 Å². The van der Waals surface area contributed by atoms with Gasteiger partial charge in [-0.2, -0.15) is 8.42 Å². The SMILES string of the molecule is CC(=NCC(C)O)S(=O)(=O)O. The maximum Gasteiger partial charge on any atom is 0.307 e. The van der Waals surface area contributed by atoms with Gasteiger partial charge >= 0.3 is 10.1 Å². The molecule has 0 aromatic rings. The summed E-state index contributed by atoms with van der Waals surface area (Å²) in [5.74, 6) is 0. The molecule has 0 bridgehead atoms. The summed E-state index contributed by atoms with van der Waals surface area (Å²) in [7, 11) is -4.16. The second-order valence-electron chi connectivity index (χ2n) is 2.18. The largest absolute Gasteiger partial charge is 0.391 e. The van der Waals surface area contributed by atoms with E-state index in [-0.39, 0.29) is 11.6 Å². The fourth-order valence-corrected chi connectivity index (χ4v) is 0.580. The number of aliphatic hydroxyl groups excluding tert-OH is 1. The predicted molar refractivity (Wildman–Crippen MR) is 41.2 cm³/mol. The Kier molecular flexibility index (Phi) is 3.64. The summed E-state index contributed by atoms with van der Waals surface area (Å²) in [5.41, 5.74) is 0. The van der Waals surface area contributed by atoms with E-state index in [1.54, 1.807) is 0 Å². The molecule has 0 fully saturated rings. The lowest BCUT2D eigenvalue weighted by molar-refractivity contribution is 0.204. The lowest BCUT2D eigenvalue weighted by atomic mass is 10.4. The van der Waals surface area contributed by atoms with Crippen molar-refractivity contribution in [2.24, 2.45) is 4.99 Å². The molecule has 11 heavy (non-hydrogen) atoms. The van der Waals surface area contributed by atoms with E-state index < -0.39 is 16.2 Å². The summed E-state index contributed by atoms with van der Waals surface area (Å²) in [6.45, 7) is 2.62. The smallest absolute Gasteiger partial charge is 0.307 e. The molecule has 0 amide bonds. The Bertz CT molecular complexity index is 241. The number of aliphatic hydroxyl groups is 1. The topological polar surface area (TPSA) is 87.0 Å². The number of nitrogens with zero attached hydrogens (tertiary/aromatic N) is 1. The van der Waals surface area contributed by atoms with Gasteiger partial charge in [0.25, 0.3) is 0 Å². The van der Waals surface area contributed by atoms with Crippen LogP contribution in [0.4, 0.5) is 0 Å². The van der Waals surface area contributed by atoms with Crippen molar-refractivity contribution >= 4 is 15.2 Å². The standard InChI is InChI=1S/C5H11NO4S/c1-4(7)3-6-5(2)11(8,9)10/h4,7H,3H2,1-2H3,(H,8,9,10). The van der Waals surface area contributed by atoms with Crippen molar-refractivity contribution in [3.63, 3.8) is 0 Å². The van der Waals surface area contributed by atoms with Crippen LogP contribution in [0.15, 0.2) is 4.99 Å². The minimum Gasteiger partial charge on any atom is -0.391 e. The third-order valence-corrected chi connectivity index (χ3v) is 1.83. The highest BCUT2D eigenvalue weighted by molar-refractivity contribution is 8.01. The molecule has 0 rings (SSSR count). The van der Waals surface area contributed by atoms with E-state index in [0.29, 0.717) is 0 Å². The van der Waals surface area contributed by atoms with E-state index in [9.17, 15) is 8.42 Å². The van der Waals surface area contributed by atoms with Gasteiger partial charge in [0.2, 0.25) is 0 Å². The first-order valence-electron chi connectivity index (χ1n) is 3.00. The molecule has 2 N–H and O–H groups in total. The Hall–Kier alpha value is -0.460. The molecule has 0 saturated carbocycles. The van der Waals surface area contributed by atoms with Crippen molar-refractivity contribution < 1.29 is 18.1 Å². The highest BCUT2D eigenvalue weighted by atomic mass is 32.2. The summed E-state index contributed by atoms with van der Waals surface area (Å²) in [6.07, 6.45) is -0.702. The van der Waals surface area contributed by atoms with Crippen molar-refractivity contribution in [3.8, 4) is 0 Å². The lowest BCUT2D eigenvalue weighted by Gasteiger charge is -1.98. The molecule has 0 aliphatic rings. The highest BCUT2D eigenvalue weighted by Gasteiger charge is 2.08. The molecule has 6 heteroatoms. The van der Waals surface area contributed by atoms with Crippen LogP contribution >= 0.6 is 0 Å². The molecule has 0 aromatic carbocycles. The summed E-state index contributed by atoms with van der Waals surface area (Å²) in [4.78, 5) is 3.42. The quantitative estimate of drug-likeness (QED) is 0.347. The third-order valence-electron chi connectivity index (χ3n) is 0.951. The number of rotatable bonds is 2. The Morgan fingerprint density at radius 2 is 2.09 bits per heavy atom. The van der Waals surface area contributed by atoms with Crippen molar-refractivity contribution in [1.29, 1.82) is 0 Å². The Morgan fingerprint density at radius 3 is 2.36 bits per heavy atom. The van der Waals surface area contributed by atoms with Crippen LogP contribution in [0.25, 0.3) is 0 Å². The zero-order valence-corrected chi connectivity index (χ0v) is 7.17. The predicted octanol–water partition coefficient (Wildman–Crippen LogP) is -0.327. The normalized spacial score (nSPS) is 16.5. The first kappa shape index (κ1) is 10.5. The van der Waals surface area contributed by atoms with Crippen LogP contribution in [0.2, 0.25) is 0 Å². The van der Waals surface area contributed by atoms with E-state index in [1.807, 2.05) is 0 Å². The van der Waals surface area contributed by atoms with Gasteiger partial charge in [0, 0.05) is 0 Å². The first-order valence-corrected chi connectivity index (χ1v) is 4.44. The molecule has 0 aliphatic heterocycles. The van der Waals surface area contributed by atoms with E-state index in [0.717, 1.165) is 6.92 Å². The van der Waals surface area contributed by atoms with E-state index in [4.69, 9.17) is 9.66 Å². The van der Waals surface area contributed by atoms with Crippen molar-refractivity contribution in [3.05, 3.63) is 0 Å². The zero-order valence-electron chi connectivity index (χ0n) is 6.35. The Morgan fingerprint density at radius 1 is 1.64 bits per heavy atom. The minimum atomic E-state index is -4.16. The van der Waals surface area contributed by atoms with Crippen LogP contribution in [0, 0.1) is 0 Å². The molecular weight excluding hydrogens is 170 g/mol. The van der Waals surface area contributed by atoms with Crippen LogP contribution < -0.4 is 0 Å². The zero-order chi connectivity index (χ0) is 9.07. The van der Waals surface area contributed by atoms with Crippen LogP contribution in [-0.4, -0.2) is 35.8 Å². The molecule has 66 valence electrons. The molecule has 0 heterocycles. The maximum absolute atomic E-state index is 10.3. The van der Waals surface area contributed by atoms with Gasteiger partial charge in [-0.05, 0) is 13.8 Å². The number of hydrogen-bond acceptors (Lipinski definition) is 4. The molecule has 5 nitrogen and oxygen atoms in total. The van der Waals surface area contributed by atoms with Crippen LogP contribution in [0.3, 0.4) is 0 Å². The van der Waals surface area contributed by atoms with Gasteiger partial charge < -0.3 is 5.11 Å². The van der Waals surface area contributed by atoms with Gasteiger partial charge in [-0.25, -0.2) is 0 Å². The first-order chi connectivity index (χ1) is 4.84. The van der Waals surface area contributed by atoms with Gasteiger partial charge in [-0.3, -0.25) is 9.55 Å². The molecule has 0 spiro atoms. The molecule has 0 aliphatic carbocycles. The Balaban J connectivity index is 4.26. The fourth-order valence-electron chi connectivity index (χ4n) is 0.342. The highest BCUT2D eigenvalue weighted by Crippen LogP contribution is 1.90. The van der Waals surface area contributed by atoms with Crippen molar-refractivity contribution in [2.75, 3.05) is 6.54 Å². The van der Waals surface area contributed by atoms with Gasteiger partial charge in [-0.15, -0.1) is 0 Å². The van der Waals surface area contributed by atoms with Gasteiger partial charge in [0.15, 0.2) is 5.04 Å². The van der Waals surface area contributed by atoms with Crippen molar-refractivity contribution in [2.45, 2.75) is 20.0 Å². The summed E-state index contributed by atoms with van der Waals surface area (Å²) < 4.78 is 28.9. The second-order valence-corrected chi connectivity index (χ2v) is 3.72. The minimum absolute atomic E-state index is 0.0222. The van der Waals surface area contributed by atoms with E-state index in [1.165, 1.54) is 6.92 Å². The van der Waals surface area contributed by atoms with Gasteiger partial charge in [0.1, 0.15) is 0 Å². The maximum atomic E-state index is 10.3. The number of aliphatic imine (C=N–C) groups is 1. The summed E-state index contributed by atoms with van der Waals surface area (Å²) in [6, 6.07) is 0. The van der Waals surface area contributed by atoms with E-state index >= 15 is 0 Å². The number of hydrogen-bond donors (Lipinski definition) is 2. The molecule has 0 aromatic heterocycles. The second kappa shape index (κ2) is 3.80. The lowest BCUT2D eigenvalue weighted by Crippen LogP contribution is -2.13. The monoisotopic (exact) mass is 181 g/mol. The van der Waals surface area contributed by atoms with Crippen LogP contribution in [0.5, 0.6) is 0 Å². The molecule has 0 saturated heterocycles. The van der Waals surface area contributed by atoms with Crippen molar-refractivity contribution in [1.82, 2.24) is 0 Å². The van der Waals surface area contributed by atoms with E-state index in [2.05, 4.69) is 4.99 Å². The molecule has 1 atom stereocenters. The summed E-state index contributed by atoms with van der Waals surface area (Å²) in [5, 5.41) is 8.31. The molecule has 1 unspecified atom stereocenters. The van der Waals surface area contributed by atoms with Gasteiger partial charge in [-0.1, -0.05) is 0 Å². The molecular formula is C5H11NO4S. The fraction of sp³-hybridized carbons (Fsp3) is 0.800. The van der Waals surface area contributed by atoms with Crippen LogP contribution in [-0.2, 0) is 10.1 Å². The summed E-state index contributed by atoms with van der Waals surface area (Å²) >= 11 is 0. The Labute approximate surface area is 65.5 Å².